The largest absolute Gasteiger partial charge is 0.287 e. The van der Waals surface area contributed by atoms with Crippen molar-refractivity contribution in [3.05, 3.63) is 52.9 Å². The molecule has 0 amide bonds. The maximum absolute atomic E-state index is 13.6. The Labute approximate surface area is 103 Å². The fourth-order valence-corrected chi connectivity index (χ4v) is 1.75. The van der Waals surface area contributed by atoms with Gasteiger partial charge in [-0.25, -0.2) is 8.78 Å². The van der Waals surface area contributed by atoms with E-state index in [4.69, 9.17) is 0 Å². The molecule has 0 saturated heterocycles. The standard InChI is InChI=1S/C13H12F2N2O/c1-3-17-12(4-5-16-17)13(18)9-6-8(2)10(14)7-11(9)15/h4-7H,3H2,1-2H3. The highest BCUT2D eigenvalue weighted by Gasteiger charge is 2.19. The molecule has 2 aromatic rings. The highest BCUT2D eigenvalue weighted by Crippen LogP contribution is 2.17. The number of ketones is 1. The Morgan fingerprint density at radius 1 is 1.33 bits per heavy atom. The van der Waals surface area contributed by atoms with Gasteiger partial charge in [0.25, 0.3) is 0 Å². The normalized spacial score (nSPS) is 10.7. The van der Waals surface area contributed by atoms with Gasteiger partial charge in [-0.15, -0.1) is 0 Å². The van der Waals surface area contributed by atoms with Gasteiger partial charge in [0.2, 0.25) is 5.78 Å². The quantitative estimate of drug-likeness (QED) is 0.785. The Morgan fingerprint density at radius 2 is 2.06 bits per heavy atom. The molecule has 1 aromatic heterocycles. The van der Waals surface area contributed by atoms with Gasteiger partial charge in [-0.1, -0.05) is 0 Å². The smallest absolute Gasteiger partial charge is 0.213 e. The molecule has 0 unspecified atom stereocenters. The molecule has 2 rings (SSSR count). The Kier molecular flexibility index (Phi) is 3.23. The van der Waals surface area contributed by atoms with Crippen LogP contribution in [0.3, 0.4) is 0 Å². The third kappa shape index (κ3) is 2.03. The summed E-state index contributed by atoms with van der Waals surface area (Å²) in [5, 5.41) is 3.95. The monoisotopic (exact) mass is 250 g/mol. The zero-order valence-electron chi connectivity index (χ0n) is 10.1. The van der Waals surface area contributed by atoms with E-state index in [1.54, 1.807) is 0 Å². The Balaban J connectivity index is 2.50. The van der Waals surface area contributed by atoms with Crippen molar-refractivity contribution in [3.63, 3.8) is 0 Å². The van der Waals surface area contributed by atoms with Gasteiger partial charge in [0.05, 0.1) is 5.56 Å². The lowest BCUT2D eigenvalue weighted by molar-refractivity contribution is 0.102. The van der Waals surface area contributed by atoms with Crippen LogP contribution in [0, 0.1) is 18.6 Å². The number of benzene rings is 1. The molecule has 0 aliphatic carbocycles. The Bertz CT molecular complexity index is 605. The first-order valence-electron chi connectivity index (χ1n) is 5.56. The number of halogens is 2. The molecule has 0 aliphatic rings. The fraction of sp³-hybridized carbons (Fsp3) is 0.231. The summed E-state index contributed by atoms with van der Waals surface area (Å²) in [6.45, 7) is 3.83. The highest BCUT2D eigenvalue weighted by atomic mass is 19.1. The molecule has 1 aromatic carbocycles. The molecule has 94 valence electrons. The minimum absolute atomic E-state index is 0.135. The average Bonchev–Trinajstić information content (AvgIpc) is 2.81. The molecular weight excluding hydrogens is 238 g/mol. The van der Waals surface area contributed by atoms with E-state index in [1.165, 1.54) is 29.9 Å². The van der Waals surface area contributed by atoms with E-state index in [-0.39, 0.29) is 11.1 Å². The van der Waals surface area contributed by atoms with Crippen molar-refractivity contribution in [2.75, 3.05) is 0 Å². The van der Waals surface area contributed by atoms with Crippen molar-refractivity contribution in [3.8, 4) is 0 Å². The first-order valence-corrected chi connectivity index (χ1v) is 5.56. The lowest BCUT2D eigenvalue weighted by atomic mass is 10.0. The average molecular weight is 250 g/mol. The zero-order chi connectivity index (χ0) is 13.3. The number of rotatable bonds is 3. The predicted molar refractivity (Wildman–Crippen MR) is 62.4 cm³/mol. The summed E-state index contributed by atoms with van der Waals surface area (Å²) in [4.78, 5) is 12.1. The van der Waals surface area contributed by atoms with E-state index in [0.29, 0.717) is 12.2 Å². The molecule has 0 saturated carbocycles. The molecule has 1 heterocycles. The van der Waals surface area contributed by atoms with Crippen molar-refractivity contribution in [1.29, 1.82) is 0 Å². The number of nitrogens with zero attached hydrogens (tertiary/aromatic N) is 2. The SMILES string of the molecule is CCn1nccc1C(=O)c1cc(C)c(F)cc1F. The van der Waals surface area contributed by atoms with Gasteiger partial charge < -0.3 is 0 Å². The molecule has 5 heteroatoms. The number of aryl methyl sites for hydroxylation is 2. The van der Waals surface area contributed by atoms with Crippen LogP contribution in [0.25, 0.3) is 0 Å². The highest BCUT2D eigenvalue weighted by molar-refractivity contribution is 6.08. The van der Waals surface area contributed by atoms with E-state index in [0.717, 1.165) is 6.07 Å². The van der Waals surface area contributed by atoms with Crippen LogP contribution < -0.4 is 0 Å². The van der Waals surface area contributed by atoms with Gasteiger partial charge in [0, 0.05) is 18.8 Å². The number of carbonyl (C=O) groups excluding carboxylic acids is 1. The Morgan fingerprint density at radius 3 is 2.72 bits per heavy atom. The van der Waals surface area contributed by atoms with Gasteiger partial charge in [-0.3, -0.25) is 9.48 Å². The van der Waals surface area contributed by atoms with Crippen molar-refractivity contribution in [2.24, 2.45) is 0 Å². The van der Waals surface area contributed by atoms with Crippen LogP contribution in [0.1, 0.15) is 28.5 Å². The minimum atomic E-state index is -0.855. The second-order valence-corrected chi connectivity index (χ2v) is 3.94. The van der Waals surface area contributed by atoms with Crippen LogP contribution in [0.2, 0.25) is 0 Å². The number of carbonyl (C=O) groups is 1. The molecule has 0 spiro atoms. The Hall–Kier alpha value is -2.04. The minimum Gasteiger partial charge on any atom is -0.287 e. The summed E-state index contributed by atoms with van der Waals surface area (Å²) in [6.07, 6.45) is 1.48. The summed E-state index contributed by atoms with van der Waals surface area (Å²) < 4.78 is 28.2. The van der Waals surface area contributed by atoms with E-state index in [1.807, 2.05) is 6.92 Å². The van der Waals surface area contributed by atoms with Crippen LogP contribution in [-0.4, -0.2) is 15.6 Å². The summed E-state index contributed by atoms with van der Waals surface area (Å²) in [5.41, 5.74) is 0.397. The molecule has 0 aliphatic heterocycles. The molecule has 18 heavy (non-hydrogen) atoms. The topological polar surface area (TPSA) is 34.9 Å². The van der Waals surface area contributed by atoms with Crippen LogP contribution in [0.4, 0.5) is 8.78 Å². The van der Waals surface area contributed by atoms with Crippen LogP contribution >= 0.6 is 0 Å². The predicted octanol–water partition coefficient (Wildman–Crippen LogP) is 2.72. The number of aromatic nitrogens is 2. The van der Waals surface area contributed by atoms with Gasteiger partial charge in [-0.2, -0.15) is 5.10 Å². The van der Waals surface area contributed by atoms with Crippen LogP contribution in [0.15, 0.2) is 24.4 Å². The van der Waals surface area contributed by atoms with Crippen molar-refractivity contribution >= 4 is 5.78 Å². The van der Waals surface area contributed by atoms with E-state index < -0.39 is 17.4 Å². The zero-order valence-corrected chi connectivity index (χ0v) is 10.1. The molecule has 0 atom stereocenters. The van der Waals surface area contributed by atoms with Crippen molar-refractivity contribution in [2.45, 2.75) is 20.4 Å². The fourth-order valence-electron chi connectivity index (χ4n) is 1.75. The van der Waals surface area contributed by atoms with Crippen LogP contribution in [0.5, 0.6) is 0 Å². The second-order valence-electron chi connectivity index (χ2n) is 3.94. The summed E-state index contributed by atoms with van der Waals surface area (Å²) in [7, 11) is 0. The lowest BCUT2D eigenvalue weighted by Crippen LogP contribution is -2.12. The molecule has 0 fully saturated rings. The molecule has 0 N–H and O–H groups in total. The molecule has 0 radical (unpaired) electrons. The summed E-state index contributed by atoms with van der Waals surface area (Å²) >= 11 is 0. The maximum Gasteiger partial charge on any atom is 0.213 e. The first kappa shape index (κ1) is 12.4. The van der Waals surface area contributed by atoms with Crippen molar-refractivity contribution in [1.82, 2.24) is 9.78 Å². The first-order chi connectivity index (χ1) is 8.54. The molecular formula is C13H12F2N2O. The third-order valence-electron chi connectivity index (χ3n) is 2.74. The maximum atomic E-state index is 13.6. The van der Waals surface area contributed by atoms with E-state index in [2.05, 4.69) is 5.10 Å². The lowest BCUT2D eigenvalue weighted by Gasteiger charge is -2.06. The van der Waals surface area contributed by atoms with Gasteiger partial charge in [0.1, 0.15) is 17.3 Å². The molecule has 3 nitrogen and oxygen atoms in total. The number of hydrogen-bond donors (Lipinski definition) is 0. The number of hydrogen-bond acceptors (Lipinski definition) is 2. The van der Waals surface area contributed by atoms with Crippen LogP contribution in [-0.2, 0) is 6.54 Å². The third-order valence-corrected chi connectivity index (χ3v) is 2.74. The van der Waals surface area contributed by atoms with Crippen molar-refractivity contribution < 1.29 is 13.6 Å². The summed E-state index contributed by atoms with van der Waals surface area (Å²) in [6, 6.07) is 3.47. The van der Waals surface area contributed by atoms with Gasteiger partial charge in [-0.05, 0) is 31.5 Å². The van der Waals surface area contributed by atoms with E-state index >= 15 is 0 Å². The summed E-state index contributed by atoms with van der Waals surface area (Å²) in [5.74, 6) is -2.00. The molecule has 0 bridgehead atoms. The van der Waals surface area contributed by atoms with Gasteiger partial charge >= 0.3 is 0 Å². The van der Waals surface area contributed by atoms with E-state index in [9.17, 15) is 13.6 Å². The second kappa shape index (κ2) is 4.68. The van der Waals surface area contributed by atoms with Gasteiger partial charge in [0.15, 0.2) is 0 Å².